The molecule has 1 N–H and O–H groups in total. The van der Waals surface area contributed by atoms with Crippen LogP contribution in [0.3, 0.4) is 0 Å². The Morgan fingerprint density at radius 2 is 2.05 bits per heavy atom. The van der Waals surface area contributed by atoms with Crippen molar-refractivity contribution >= 4 is 5.91 Å². The summed E-state index contributed by atoms with van der Waals surface area (Å²) in [5, 5.41) is 7.06. The number of hydrogen-bond donors (Lipinski definition) is 1. The van der Waals surface area contributed by atoms with E-state index in [1.165, 1.54) is 21.4 Å². The first kappa shape index (κ1) is 14.5. The van der Waals surface area contributed by atoms with E-state index in [0.717, 1.165) is 12.8 Å². The maximum absolute atomic E-state index is 13.0. The van der Waals surface area contributed by atoms with Crippen LogP contribution in [-0.4, -0.2) is 26.8 Å². The van der Waals surface area contributed by atoms with E-state index in [1.807, 2.05) is 0 Å². The normalized spacial score (nSPS) is 14.1. The average molecular weight is 304 g/mol. The fourth-order valence-corrected chi connectivity index (χ4v) is 2.26. The SMILES string of the molecule is Cn1c(-c2ccc(F)cc2)nn(CCNC(=O)C2CC2)c1=O. The van der Waals surface area contributed by atoms with E-state index < -0.39 is 0 Å². The van der Waals surface area contributed by atoms with Crippen LogP contribution in [0.15, 0.2) is 29.1 Å². The molecule has 0 unspecified atom stereocenters. The summed E-state index contributed by atoms with van der Waals surface area (Å²) in [7, 11) is 1.62. The predicted molar refractivity (Wildman–Crippen MR) is 78.6 cm³/mol. The molecule has 1 aromatic carbocycles. The molecule has 1 aliphatic rings. The molecule has 0 saturated heterocycles. The Morgan fingerprint density at radius 3 is 2.68 bits per heavy atom. The Hall–Kier alpha value is -2.44. The van der Waals surface area contributed by atoms with Crippen LogP contribution in [0.4, 0.5) is 4.39 Å². The van der Waals surface area contributed by atoms with Crippen molar-refractivity contribution < 1.29 is 9.18 Å². The molecule has 6 nitrogen and oxygen atoms in total. The minimum absolute atomic E-state index is 0.0442. The molecule has 0 atom stereocenters. The van der Waals surface area contributed by atoms with E-state index in [-0.39, 0.29) is 23.3 Å². The van der Waals surface area contributed by atoms with Crippen molar-refractivity contribution in [2.45, 2.75) is 19.4 Å². The Kier molecular flexibility index (Phi) is 3.79. The predicted octanol–water partition coefficient (Wildman–Crippen LogP) is 0.914. The molecule has 7 heteroatoms. The molecule has 2 aromatic rings. The highest BCUT2D eigenvalue weighted by Crippen LogP contribution is 2.28. The summed E-state index contributed by atoms with van der Waals surface area (Å²) in [4.78, 5) is 23.7. The summed E-state index contributed by atoms with van der Waals surface area (Å²) in [5.41, 5.74) is 0.404. The zero-order valence-corrected chi connectivity index (χ0v) is 12.3. The molecule has 1 aromatic heterocycles. The zero-order valence-electron chi connectivity index (χ0n) is 12.3. The van der Waals surface area contributed by atoms with Gasteiger partial charge in [-0.3, -0.25) is 9.36 Å². The van der Waals surface area contributed by atoms with Gasteiger partial charge in [0.05, 0.1) is 6.54 Å². The maximum atomic E-state index is 13.0. The van der Waals surface area contributed by atoms with Crippen LogP contribution in [0.5, 0.6) is 0 Å². The van der Waals surface area contributed by atoms with E-state index >= 15 is 0 Å². The second kappa shape index (κ2) is 5.75. The fourth-order valence-electron chi connectivity index (χ4n) is 2.26. The highest BCUT2D eigenvalue weighted by Gasteiger charge is 2.29. The van der Waals surface area contributed by atoms with Crippen LogP contribution >= 0.6 is 0 Å². The van der Waals surface area contributed by atoms with Crippen LogP contribution in [0.2, 0.25) is 0 Å². The highest BCUT2D eigenvalue weighted by molar-refractivity contribution is 5.80. The van der Waals surface area contributed by atoms with Gasteiger partial charge in [0.2, 0.25) is 5.91 Å². The van der Waals surface area contributed by atoms with Crippen LogP contribution < -0.4 is 11.0 Å². The molecular formula is C15H17FN4O2. The number of aromatic nitrogens is 3. The zero-order chi connectivity index (χ0) is 15.7. The third-order valence-electron chi connectivity index (χ3n) is 3.71. The van der Waals surface area contributed by atoms with E-state index in [1.54, 1.807) is 19.2 Å². The third kappa shape index (κ3) is 2.93. The lowest BCUT2D eigenvalue weighted by Crippen LogP contribution is -2.32. The number of nitrogens with zero attached hydrogens (tertiary/aromatic N) is 3. The molecule has 1 aliphatic carbocycles. The molecule has 1 heterocycles. The minimum atomic E-state index is -0.337. The second-order valence-corrected chi connectivity index (χ2v) is 5.46. The van der Waals surface area contributed by atoms with Gasteiger partial charge in [-0.2, -0.15) is 0 Å². The molecule has 1 saturated carbocycles. The fraction of sp³-hybridized carbons (Fsp3) is 0.400. The lowest BCUT2D eigenvalue weighted by Gasteiger charge is -2.03. The van der Waals surface area contributed by atoms with E-state index in [9.17, 15) is 14.0 Å². The summed E-state index contributed by atoms with van der Waals surface area (Å²) in [6, 6.07) is 5.82. The summed E-state index contributed by atoms with van der Waals surface area (Å²) >= 11 is 0. The summed E-state index contributed by atoms with van der Waals surface area (Å²) in [6.45, 7) is 0.682. The molecule has 0 bridgehead atoms. The van der Waals surface area contributed by atoms with Crippen molar-refractivity contribution in [1.82, 2.24) is 19.7 Å². The van der Waals surface area contributed by atoms with Gasteiger partial charge in [-0.15, -0.1) is 5.10 Å². The number of carbonyl (C=O) groups excluding carboxylic acids is 1. The molecule has 22 heavy (non-hydrogen) atoms. The van der Waals surface area contributed by atoms with E-state index in [0.29, 0.717) is 24.5 Å². The molecule has 0 aliphatic heterocycles. The maximum Gasteiger partial charge on any atom is 0.345 e. The van der Waals surface area contributed by atoms with Gasteiger partial charge >= 0.3 is 5.69 Å². The molecule has 3 rings (SSSR count). The minimum Gasteiger partial charge on any atom is -0.354 e. The Labute approximate surface area is 126 Å². The highest BCUT2D eigenvalue weighted by atomic mass is 19.1. The van der Waals surface area contributed by atoms with E-state index in [4.69, 9.17) is 0 Å². The van der Waals surface area contributed by atoms with Crippen molar-refractivity contribution in [3.8, 4) is 11.4 Å². The van der Waals surface area contributed by atoms with E-state index in [2.05, 4.69) is 10.4 Å². The van der Waals surface area contributed by atoms with Gasteiger partial charge < -0.3 is 5.32 Å². The first-order valence-electron chi connectivity index (χ1n) is 7.24. The standard InChI is InChI=1S/C15H17FN4O2/c1-19-13(10-4-6-12(16)7-5-10)18-20(15(19)22)9-8-17-14(21)11-2-3-11/h4-7,11H,2-3,8-9H2,1H3,(H,17,21). The van der Waals surface area contributed by atoms with Gasteiger partial charge in [0, 0.05) is 25.1 Å². The number of rotatable bonds is 5. The monoisotopic (exact) mass is 304 g/mol. The van der Waals surface area contributed by atoms with Gasteiger partial charge in [-0.25, -0.2) is 13.9 Å². The molecule has 1 fully saturated rings. The van der Waals surface area contributed by atoms with Crippen molar-refractivity contribution in [2.24, 2.45) is 13.0 Å². The topological polar surface area (TPSA) is 68.9 Å². The second-order valence-electron chi connectivity index (χ2n) is 5.46. The number of carbonyl (C=O) groups is 1. The summed E-state index contributed by atoms with van der Waals surface area (Å²) in [6.07, 6.45) is 1.90. The van der Waals surface area contributed by atoms with Gasteiger partial charge in [-0.1, -0.05) is 0 Å². The first-order chi connectivity index (χ1) is 10.6. The molecule has 116 valence electrons. The lowest BCUT2D eigenvalue weighted by molar-refractivity contribution is -0.122. The molecule has 0 spiro atoms. The van der Waals surface area contributed by atoms with Crippen LogP contribution in [-0.2, 0) is 18.4 Å². The largest absolute Gasteiger partial charge is 0.354 e. The van der Waals surface area contributed by atoms with Crippen LogP contribution in [0, 0.1) is 11.7 Å². The van der Waals surface area contributed by atoms with Gasteiger partial charge in [0.15, 0.2) is 5.82 Å². The third-order valence-corrected chi connectivity index (χ3v) is 3.71. The van der Waals surface area contributed by atoms with Crippen molar-refractivity contribution in [3.05, 3.63) is 40.6 Å². The van der Waals surface area contributed by atoms with Crippen molar-refractivity contribution in [2.75, 3.05) is 6.54 Å². The smallest absolute Gasteiger partial charge is 0.345 e. The number of nitrogens with one attached hydrogen (secondary N) is 1. The lowest BCUT2D eigenvalue weighted by atomic mass is 10.2. The molecular weight excluding hydrogens is 287 g/mol. The Bertz CT molecular complexity index is 744. The number of hydrogen-bond acceptors (Lipinski definition) is 3. The number of benzene rings is 1. The van der Waals surface area contributed by atoms with Gasteiger partial charge in [0.1, 0.15) is 5.82 Å². The number of amides is 1. The van der Waals surface area contributed by atoms with Gasteiger partial charge in [-0.05, 0) is 37.1 Å². The van der Waals surface area contributed by atoms with Crippen LogP contribution in [0.25, 0.3) is 11.4 Å². The van der Waals surface area contributed by atoms with Crippen molar-refractivity contribution in [1.29, 1.82) is 0 Å². The Morgan fingerprint density at radius 1 is 1.36 bits per heavy atom. The first-order valence-corrected chi connectivity index (χ1v) is 7.24. The summed E-state index contributed by atoms with van der Waals surface area (Å²) < 4.78 is 15.7. The number of halogens is 1. The Balaban J connectivity index is 1.72. The summed E-state index contributed by atoms with van der Waals surface area (Å²) in [5.74, 6) is 0.326. The van der Waals surface area contributed by atoms with Crippen LogP contribution in [0.1, 0.15) is 12.8 Å². The van der Waals surface area contributed by atoms with Crippen molar-refractivity contribution in [3.63, 3.8) is 0 Å². The molecule has 0 radical (unpaired) electrons. The van der Waals surface area contributed by atoms with Gasteiger partial charge in [0.25, 0.3) is 0 Å². The molecule has 1 amide bonds. The average Bonchev–Trinajstić information content (AvgIpc) is 3.31. The quantitative estimate of drug-likeness (QED) is 0.893.